The van der Waals surface area contributed by atoms with Crippen molar-refractivity contribution in [3.05, 3.63) is 101 Å². The number of likely N-dealkylation sites (N-methyl/N-ethyl adjacent to an activating group) is 1. The molecule has 42 heavy (non-hydrogen) atoms. The third-order valence-corrected chi connectivity index (χ3v) is 8.38. The first-order valence-electron chi connectivity index (χ1n) is 13.9. The molecule has 218 valence electrons. The maximum Gasteiger partial charge on any atom is 0.416 e. The number of carboxylic acid groups (broad SMARTS) is 1. The molecular weight excluding hydrogens is 545 g/mol. The normalized spacial score (nSPS) is 16.9. The van der Waals surface area contributed by atoms with E-state index in [4.69, 9.17) is 0 Å². The first-order valence-corrected chi connectivity index (χ1v) is 13.9. The highest BCUT2D eigenvalue weighted by atomic mass is 19.4. The highest BCUT2D eigenvalue weighted by molar-refractivity contribution is 6.08. The lowest BCUT2D eigenvalue weighted by Crippen LogP contribution is -2.44. The smallest absolute Gasteiger partial charge is 0.416 e. The average molecular weight is 577 g/mol. The minimum atomic E-state index is -4.41. The predicted molar refractivity (Wildman–Crippen MR) is 154 cm³/mol. The number of alkyl halides is 3. The SMILES string of the molecule is CN1CCN(c2cc(C(=O)NC3(c4ccc(C(=O)O)cc4)CC3)c3c(ccn3Cc3ccc(C(F)(F)F)cc3)c2)CC1. The van der Waals surface area contributed by atoms with Gasteiger partial charge in [-0.05, 0) is 73.5 Å². The molecule has 1 amide bonds. The van der Waals surface area contributed by atoms with Crippen molar-refractivity contribution in [2.24, 2.45) is 0 Å². The molecule has 1 aliphatic carbocycles. The van der Waals surface area contributed by atoms with E-state index in [1.165, 1.54) is 12.1 Å². The third kappa shape index (κ3) is 5.46. The molecule has 1 saturated carbocycles. The summed E-state index contributed by atoms with van der Waals surface area (Å²) < 4.78 is 41.2. The second kappa shape index (κ2) is 10.5. The molecule has 2 aliphatic rings. The number of carboxylic acids is 1. The molecule has 4 aromatic rings. The fourth-order valence-electron chi connectivity index (χ4n) is 5.71. The van der Waals surface area contributed by atoms with Gasteiger partial charge in [-0.2, -0.15) is 13.2 Å². The molecule has 10 heteroatoms. The number of carbonyl (C=O) groups excluding carboxylic acids is 1. The Bertz CT molecular complexity index is 1630. The van der Waals surface area contributed by atoms with Crippen LogP contribution in [0.15, 0.2) is 72.9 Å². The van der Waals surface area contributed by atoms with Gasteiger partial charge in [-0.3, -0.25) is 4.79 Å². The van der Waals surface area contributed by atoms with Crippen LogP contribution in [0.4, 0.5) is 18.9 Å². The zero-order valence-electron chi connectivity index (χ0n) is 23.1. The lowest BCUT2D eigenvalue weighted by Gasteiger charge is -2.34. The topological polar surface area (TPSA) is 77.8 Å². The van der Waals surface area contributed by atoms with Crippen molar-refractivity contribution < 1.29 is 27.9 Å². The van der Waals surface area contributed by atoms with Crippen LogP contribution in [0.1, 0.15) is 50.2 Å². The summed E-state index contributed by atoms with van der Waals surface area (Å²) in [5.74, 6) is -1.25. The molecule has 1 saturated heterocycles. The van der Waals surface area contributed by atoms with Crippen molar-refractivity contribution in [3.63, 3.8) is 0 Å². The number of aromatic carboxylic acids is 1. The van der Waals surface area contributed by atoms with Crippen molar-refractivity contribution >= 4 is 28.5 Å². The van der Waals surface area contributed by atoms with Gasteiger partial charge in [0, 0.05) is 50.0 Å². The summed E-state index contributed by atoms with van der Waals surface area (Å²) in [6.45, 7) is 3.77. The molecule has 6 rings (SSSR count). The van der Waals surface area contributed by atoms with Crippen molar-refractivity contribution in [1.29, 1.82) is 0 Å². The number of nitrogens with zero attached hydrogens (tertiary/aromatic N) is 3. The van der Waals surface area contributed by atoms with Crippen LogP contribution in [0, 0.1) is 0 Å². The average Bonchev–Trinajstić information content (AvgIpc) is 3.64. The van der Waals surface area contributed by atoms with Gasteiger partial charge in [-0.25, -0.2) is 4.79 Å². The van der Waals surface area contributed by atoms with E-state index in [2.05, 4.69) is 28.2 Å². The third-order valence-electron chi connectivity index (χ3n) is 8.38. The molecule has 2 fully saturated rings. The number of anilines is 1. The number of aromatic nitrogens is 1. The molecule has 1 aliphatic heterocycles. The second-order valence-corrected chi connectivity index (χ2v) is 11.3. The van der Waals surface area contributed by atoms with Gasteiger partial charge in [0.25, 0.3) is 5.91 Å². The number of nitrogens with one attached hydrogen (secondary N) is 1. The van der Waals surface area contributed by atoms with Crippen LogP contribution >= 0.6 is 0 Å². The van der Waals surface area contributed by atoms with Crippen LogP contribution in [-0.2, 0) is 18.3 Å². The van der Waals surface area contributed by atoms with Gasteiger partial charge < -0.3 is 24.8 Å². The lowest BCUT2D eigenvalue weighted by molar-refractivity contribution is -0.137. The molecule has 2 heterocycles. The maximum atomic E-state index is 14.0. The summed E-state index contributed by atoms with van der Waals surface area (Å²) in [5, 5.41) is 13.4. The molecular formula is C32H31F3N4O3. The first-order chi connectivity index (χ1) is 20.0. The zero-order chi connectivity index (χ0) is 29.6. The molecule has 0 bridgehead atoms. The number of fused-ring (bicyclic) bond motifs is 1. The van der Waals surface area contributed by atoms with Crippen molar-refractivity contribution in [2.45, 2.75) is 31.1 Å². The number of rotatable bonds is 7. The Morgan fingerprint density at radius 2 is 1.60 bits per heavy atom. The Balaban J connectivity index is 1.35. The first kappa shape index (κ1) is 27.8. The van der Waals surface area contributed by atoms with Crippen LogP contribution < -0.4 is 10.2 Å². The van der Waals surface area contributed by atoms with Gasteiger partial charge in [-0.15, -0.1) is 0 Å². The summed E-state index contributed by atoms with van der Waals surface area (Å²) in [5.41, 5.74) is 2.60. The largest absolute Gasteiger partial charge is 0.478 e. The fraction of sp³-hybridized carbons (Fsp3) is 0.312. The molecule has 2 N–H and O–H groups in total. The lowest BCUT2D eigenvalue weighted by atomic mass is 10.0. The number of amides is 1. The van der Waals surface area contributed by atoms with Crippen LogP contribution in [0.5, 0.6) is 0 Å². The predicted octanol–water partition coefficient (Wildman–Crippen LogP) is 5.58. The standard InChI is InChI=1S/C32H31F3N4O3/c1-37-14-16-38(17-15-37)26-18-23-10-13-39(20-21-2-6-25(7-3-21)32(33,34)35)28(23)27(19-26)29(40)36-31(11-12-31)24-8-4-22(5-9-24)30(41)42/h2-10,13,18-19H,11-12,14-17,20H2,1H3,(H,36,40)(H,41,42). The van der Waals surface area contributed by atoms with E-state index in [0.29, 0.717) is 23.2 Å². The van der Waals surface area contributed by atoms with E-state index >= 15 is 0 Å². The number of hydrogen-bond acceptors (Lipinski definition) is 4. The Kier molecular flexibility index (Phi) is 6.97. The summed E-state index contributed by atoms with van der Waals surface area (Å²) in [6, 6.07) is 17.6. The number of hydrogen-bond donors (Lipinski definition) is 2. The summed E-state index contributed by atoms with van der Waals surface area (Å²) >= 11 is 0. The van der Waals surface area contributed by atoms with E-state index in [-0.39, 0.29) is 11.5 Å². The second-order valence-electron chi connectivity index (χ2n) is 11.3. The van der Waals surface area contributed by atoms with Crippen LogP contribution in [0.3, 0.4) is 0 Å². The van der Waals surface area contributed by atoms with Crippen molar-refractivity contribution in [1.82, 2.24) is 14.8 Å². The number of benzene rings is 3. The summed E-state index contributed by atoms with van der Waals surface area (Å²) in [7, 11) is 2.08. The van der Waals surface area contributed by atoms with Gasteiger partial charge in [0.2, 0.25) is 0 Å². The summed E-state index contributed by atoms with van der Waals surface area (Å²) in [4.78, 5) is 29.9. The van der Waals surface area contributed by atoms with E-state index in [1.807, 2.05) is 22.9 Å². The van der Waals surface area contributed by atoms with Gasteiger partial charge in [-0.1, -0.05) is 24.3 Å². The quantitative estimate of drug-likeness (QED) is 0.301. The van der Waals surface area contributed by atoms with E-state index < -0.39 is 23.2 Å². The molecule has 0 spiro atoms. The monoisotopic (exact) mass is 576 g/mol. The molecule has 0 radical (unpaired) electrons. The Labute approximate surface area is 241 Å². The molecule has 1 aromatic heterocycles. The van der Waals surface area contributed by atoms with Crippen molar-refractivity contribution in [2.75, 3.05) is 38.1 Å². The Morgan fingerprint density at radius 1 is 0.929 bits per heavy atom. The molecule has 0 atom stereocenters. The highest BCUT2D eigenvalue weighted by Crippen LogP contribution is 2.46. The molecule has 0 unspecified atom stereocenters. The number of piperazine rings is 1. The molecule has 7 nitrogen and oxygen atoms in total. The Hall–Kier alpha value is -4.31. The van der Waals surface area contributed by atoms with E-state index in [9.17, 15) is 27.9 Å². The number of carbonyl (C=O) groups is 2. The van der Waals surface area contributed by atoms with Gasteiger partial charge in [0.05, 0.1) is 27.7 Å². The maximum absolute atomic E-state index is 14.0. The number of halogens is 3. The summed E-state index contributed by atoms with van der Waals surface area (Å²) in [6.07, 6.45) is -1.07. The van der Waals surface area contributed by atoms with Gasteiger partial charge in [0.15, 0.2) is 0 Å². The van der Waals surface area contributed by atoms with Gasteiger partial charge >= 0.3 is 12.1 Å². The van der Waals surface area contributed by atoms with Crippen LogP contribution in [-0.4, -0.2) is 59.7 Å². The molecule has 3 aromatic carbocycles. The van der Waals surface area contributed by atoms with Crippen molar-refractivity contribution in [3.8, 4) is 0 Å². The van der Waals surface area contributed by atoms with E-state index in [0.717, 1.165) is 67.8 Å². The van der Waals surface area contributed by atoms with Crippen LogP contribution in [0.25, 0.3) is 10.9 Å². The minimum absolute atomic E-state index is 0.184. The van der Waals surface area contributed by atoms with Gasteiger partial charge in [0.1, 0.15) is 0 Å². The van der Waals surface area contributed by atoms with E-state index in [1.54, 1.807) is 24.3 Å². The fourth-order valence-corrected chi connectivity index (χ4v) is 5.71. The minimum Gasteiger partial charge on any atom is -0.478 e. The Morgan fingerprint density at radius 3 is 2.19 bits per heavy atom. The van der Waals surface area contributed by atoms with Crippen LogP contribution in [0.2, 0.25) is 0 Å². The zero-order valence-corrected chi connectivity index (χ0v) is 23.1. The highest BCUT2D eigenvalue weighted by Gasteiger charge is 2.46.